The molecule has 1 aliphatic rings. The molecule has 1 saturated carbocycles. The molecule has 3 aromatic heterocycles. The van der Waals surface area contributed by atoms with Gasteiger partial charge < -0.3 is 10.3 Å². The Bertz CT molecular complexity index is 773. The Morgan fingerprint density at radius 1 is 1.24 bits per heavy atom. The van der Waals surface area contributed by atoms with E-state index in [2.05, 4.69) is 15.1 Å². The molecule has 5 nitrogen and oxygen atoms in total. The van der Waals surface area contributed by atoms with Gasteiger partial charge in [0.15, 0.2) is 0 Å². The number of hydrogen-bond donors (Lipinski definition) is 1. The monoisotopic (exact) mass is 300 g/mol. The van der Waals surface area contributed by atoms with Crippen molar-refractivity contribution in [2.24, 2.45) is 5.73 Å². The van der Waals surface area contributed by atoms with Crippen molar-refractivity contribution < 1.29 is 4.52 Å². The Kier molecular flexibility index (Phi) is 3.01. The first-order valence-electron chi connectivity index (χ1n) is 7.21. The van der Waals surface area contributed by atoms with Gasteiger partial charge >= 0.3 is 0 Å². The van der Waals surface area contributed by atoms with Gasteiger partial charge in [0.2, 0.25) is 11.7 Å². The molecule has 0 unspecified atom stereocenters. The smallest absolute Gasteiger partial charge is 0.247 e. The summed E-state index contributed by atoms with van der Waals surface area (Å²) in [7, 11) is 0. The van der Waals surface area contributed by atoms with Crippen molar-refractivity contribution in [1.82, 2.24) is 15.1 Å². The highest BCUT2D eigenvalue weighted by molar-refractivity contribution is 7.17. The lowest BCUT2D eigenvalue weighted by atomic mass is 9.82. The molecule has 3 aromatic rings. The normalized spacial score (nSPS) is 18.1. The maximum atomic E-state index is 6.44. The highest BCUT2D eigenvalue weighted by Crippen LogP contribution is 2.34. The lowest BCUT2D eigenvalue weighted by Gasteiger charge is -2.29. The number of nitrogens with two attached hydrogens (primary N) is 1. The Balaban J connectivity index is 1.70. The number of aromatic nitrogens is 3. The van der Waals surface area contributed by atoms with Crippen LogP contribution in [0.25, 0.3) is 21.6 Å². The van der Waals surface area contributed by atoms with E-state index in [9.17, 15) is 0 Å². The van der Waals surface area contributed by atoms with Crippen LogP contribution in [0.4, 0.5) is 0 Å². The lowest BCUT2D eigenvalue weighted by molar-refractivity contribution is 0.220. The second-order valence-electron chi connectivity index (χ2n) is 5.67. The first-order chi connectivity index (χ1) is 10.2. The van der Waals surface area contributed by atoms with Gasteiger partial charge in [-0.25, -0.2) is 0 Å². The molecule has 21 heavy (non-hydrogen) atoms. The predicted octanol–water partition coefficient (Wildman–Crippen LogP) is 3.46. The van der Waals surface area contributed by atoms with E-state index < -0.39 is 5.54 Å². The minimum atomic E-state index is -0.454. The van der Waals surface area contributed by atoms with E-state index >= 15 is 0 Å². The molecule has 108 valence electrons. The number of nitrogens with zero attached hydrogens (tertiary/aromatic N) is 3. The molecular weight excluding hydrogens is 284 g/mol. The average Bonchev–Trinajstić information content (AvgIpc) is 3.17. The quantitative estimate of drug-likeness (QED) is 0.784. The van der Waals surface area contributed by atoms with Crippen LogP contribution in [0.15, 0.2) is 28.2 Å². The summed E-state index contributed by atoms with van der Waals surface area (Å²) in [6.07, 6.45) is 7.09. The summed E-state index contributed by atoms with van der Waals surface area (Å²) in [5.74, 6) is 1.13. The number of pyridine rings is 1. The number of hydrogen-bond acceptors (Lipinski definition) is 6. The Morgan fingerprint density at radius 3 is 2.95 bits per heavy atom. The van der Waals surface area contributed by atoms with Crippen LogP contribution in [0.2, 0.25) is 0 Å². The van der Waals surface area contributed by atoms with E-state index in [0.29, 0.717) is 11.7 Å². The zero-order chi connectivity index (χ0) is 14.3. The van der Waals surface area contributed by atoms with Gasteiger partial charge in [-0.15, -0.1) is 11.3 Å². The first kappa shape index (κ1) is 12.9. The Labute approximate surface area is 126 Å². The first-order valence-corrected chi connectivity index (χ1v) is 8.09. The number of thiophene rings is 1. The summed E-state index contributed by atoms with van der Waals surface area (Å²) in [5, 5.41) is 6.12. The van der Waals surface area contributed by atoms with Gasteiger partial charge in [-0.2, -0.15) is 4.98 Å². The fraction of sp³-hybridized carbons (Fsp3) is 0.400. The molecule has 0 aromatic carbocycles. The van der Waals surface area contributed by atoms with Gasteiger partial charge in [-0.05, 0) is 30.4 Å². The van der Waals surface area contributed by atoms with E-state index in [4.69, 9.17) is 10.3 Å². The third-order valence-corrected chi connectivity index (χ3v) is 5.01. The molecular formula is C15H16N4OS. The van der Waals surface area contributed by atoms with Crippen LogP contribution in [0.5, 0.6) is 0 Å². The molecule has 0 atom stereocenters. The summed E-state index contributed by atoms with van der Waals surface area (Å²) in [5.41, 5.74) is 7.85. The van der Waals surface area contributed by atoms with Crippen LogP contribution in [0.1, 0.15) is 38.0 Å². The van der Waals surface area contributed by atoms with E-state index in [1.54, 1.807) is 17.5 Å². The fourth-order valence-electron chi connectivity index (χ4n) is 2.91. The Hall–Kier alpha value is -1.79. The third-order valence-electron chi connectivity index (χ3n) is 4.16. The fourth-order valence-corrected chi connectivity index (χ4v) is 3.69. The largest absolute Gasteiger partial charge is 0.337 e. The highest BCUT2D eigenvalue weighted by Gasteiger charge is 2.35. The molecule has 0 amide bonds. The molecule has 0 radical (unpaired) electrons. The third kappa shape index (κ3) is 2.24. The van der Waals surface area contributed by atoms with Gasteiger partial charge in [0.1, 0.15) is 0 Å². The SMILES string of the molecule is NC1(c2nc(-c3cnc4ccsc4c3)no2)CCCCC1. The van der Waals surface area contributed by atoms with Crippen LogP contribution in [0, 0.1) is 0 Å². The molecule has 0 bridgehead atoms. The minimum Gasteiger partial charge on any atom is -0.337 e. The Morgan fingerprint density at radius 2 is 2.10 bits per heavy atom. The van der Waals surface area contributed by atoms with E-state index in [0.717, 1.165) is 41.5 Å². The van der Waals surface area contributed by atoms with Gasteiger partial charge in [-0.1, -0.05) is 24.4 Å². The lowest BCUT2D eigenvalue weighted by Crippen LogP contribution is -2.38. The van der Waals surface area contributed by atoms with E-state index in [-0.39, 0.29) is 0 Å². The van der Waals surface area contributed by atoms with Gasteiger partial charge in [0.05, 0.1) is 15.8 Å². The van der Waals surface area contributed by atoms with Crippen LogP contribution in [0.3, 0.4) is 0 Å². The van der Waals surface area contributed by atoms with Crippen molar-refractivity contribution in [3.63, 3.8) is 0 Å². The molecule has 1 aliphatic carbocycles. The van der Waals surface area contributed by atoms with Crippen LogP contribution in [-0.4, -0.2) is 15.1 Å². The standard InChI is InChI=1S/C15H16N4OS/c16-15(5-2-1-3-6-15)14-18-13(19-20-14)10-8-12-11(17-9-10)4-7-21-12/h4,7-9H,1-3,5-6,16H2. The second-order valence-corrected chi connectivity index (χ2v) is 6.62. The molecule has 3 heterocycles. The van der Waals surface area contributed by atoms with Crippen molar-refractivity contribution in [3.05, 3.63) is 29.6 Å². The second kappa shape index (κ2) is 4.89. The molecule has 0 aliphatic heterocycles. The average molecular weight is 300 g/mol. The molecule has 6 heteroatoms. The van der Waals surface area contributed by atoms with Gasteiger partial charge in [0, 0.05) is 11.8 Å². The summed E-state index contributed by atoms with van der Waals surface area (Å²) in [6, 6.07) is 4.05. The summed E-state index contributed by atoms with van der Waals surface area (Å²) < 4.78 is 6.57. The van der Waals surface area contributed by atoms with Gasteiger partial charge in [-0.3, -0.25) is 4.98 Å². The minimum absolute atomic E-state index is 0.454. The van der Waals surface area contributed by atoms with E-state index in [1.165, 1.54) is 6.42 Å². The topological polar surface area (TPSA) is 77.8 Å². The predicted molar refractivity (Wildman–Crippen MR) is 81.9 cm³/mol. The summed E-state index contributed by atoms with van der Waals surface area (Å²) in [6.45, 7) is 0. The number of fused-ring (bicyclic) bond motifs is 1. The number of rotatable bonds is 2. The molecule has 0 spiro atoms. The molecule has 2 N–H and O–H groups in total. The maximum absolute atomic E-state index is 6.44. The summed E-state index contributed by atoms with van der Waals surface area (Å²) >= 11 is 1.66. The van der Waals surface area contributed by atoms with Crippen molar-refractivity contribution in [1.29, 1.82) is 0 Å². The van der Waals surface area contributed by atoms with Crippen molar-refractivity contribution in [2.75, 3.05) is 0 Å². The van der Waals surface area contributed by atoms with Crippen LogP contribution >= 0.6 is 11.3 Å². The van der Waals surface area contributed by atoms with Crippen molar-refractivity contribution >= 4 is 21.6 Å². The summed E-state index contributed by atoms with van der Waals surface area (Å²) in [4.78, 5) is 8.94. The van der Waals surface area contributed by atoms with Crippen molar-refractivity contribution in [3.8, 4) is 11.4 Å². The molecule has 1 fully saturated rings. The zero-order valence-electron chi connectivity index (χ0n) is 11.6. The molecule has 4 rings (SSSR count). The van der Waals surface area contributed by atoms with Gasteiger partial charge in [0.25, 0.3) is 0 Å². The highest BCUT2D eigenvalue weighted by atomic mass is 32.1. The zero-order valence-corrected chi connectivity index (χ0v) is 12.4. The molecule has 0 saturated heterocycles. The van der Waals surface area contributed by atoms with Crippen molar-refractivity contribution in [2.45, 2.75) is 37.6 Å². The maximum Gasteiger partial charge on any atom is 0.247 e. The van der Waals surface area contributed by atoms with Crippen LogP contribution < -0.4 is 5.73 Å². The van der Waals surface area contributed by atoms with Crippen LogP contribution in [-0.2, 0) is 5.54 Å². The van der Waals surface area contributed by atoms with E-state index in [1.807, 2.05) is 17.5 Å².